The Morgan fingerprint density at radius 1 is 0.686 bits per heavy atom. The van der Waals surface area contributed by atoms with Crippen LogP contribution in [-0.2, 0) is 16.6 Å². The molecule has 0 N–H and O–H groups in total. The molecule has 35 heavy (non-hydrogen) atoms. The van der Waals surface area contributed by atoms with Crippen LogP contribution in [0.5, 0.6) is 0 Å². The first-order valence-corrected chi connectivity index (χ1v) is 16.4. The van der Waals surface area contributed by atoms with Gasteiger partial charge in [-0.2, -0.15) is 4.31 Å². The summed E-state index contributed by atoms with van der Waals surface area (Å²) in [7, 11) is -0.846. The number of nitrogens with zero attached hydrogens (tertiary/aromatic N) is 2. The molecule has 0 atom stereocenters. The molecule has 0 saturated carbocycles. The number of piperazine rings is 1. The van der Waals surface area contributed by atoms with E-state index in [1.165, 1.54) is 95.5 Å². The van der Waals surface area contributed by atoms with Crippen molar-refractivity contribution >= 4 is 10.0 Å². The highest BCUT2D eigenvalue weighted by Crippen LogP contribution is 2.19. The van der Waals surface area contributed by atoms with Crippen molar-refractivity contribution in [1.29, 1.82) is 0 Å². The molecule has 0 unspecified atom stereocenters. The Kier molecular flexibility index (Phi) is 15.2. The van der Waals surface area contributed by atoms with Crippen LogP contribution in [0.15, 0.2) is 30.3 Å². The molecule has 1 aliphatic rings. The van der Waals surface area contributed by atoms with Crippen LogP contribution in [0, 0.1) is 0 Å². The first kappa shape index (κ1) is 30.3. The van der Waals surface area contributed by atoms with E-state index < -0.39 is 10.0 Å². The Bertz CT molecular complexity index is 743. The van der Waals surface area contributed by atoms with Crippen LogP contribution in [0.4, 0.5) is 0 Å². The van der Waals surface area contributed by atoms with Gasteiger partial charge in [-0.15, -0.1) is 0 Å². The van der Waals surface area contributed by atoms with Gasteiger partial charge in [0.05, 0.1) is 39.0 Å². The van der Waals surface area contributed by atoms with Crippen LogP contribution in [0.2, 0.25) is 0 Å². The first-order valence-electron chi connectivity index (χ1n) is 14.8. The minimum Gasteiger partial charge on any atom is -0.320 e. The first-order chi connectivity index (χ1) is 17.0. The fourth-order valence-electron chi connectivity index (χ4n) is 5.35. The number of unbranched alkanes of at least 4 members (excludes halogenated alkanes) is 15. The molecule has 0 bridgehead atoms. The predicted molar refractivity (Wildman–Crippen MR) is 151 cm³/mol. The Morgan fingerprint density at radius 2 is 1.11 bits per heavy atom. The number of likely N-dealkylation sites (N-methyl/N-ethyl adjacent to an activating group) is 1. The number of rotatable bonds is 20. The maximum atomic E-state index is 12.8. The Hall–Kier alpha value is -0.910. The molecule has 1 fully saturated rings. The van der Waals surface area contributed by atoms with Crippen LogP contribution >= 0.6 is 0 Å². The minimum atomic E-state index is -3.10. The maximum absolute atomic E-state index is 12.8. The normalized spacial score (nSPS) is 16.5. The monoisotopic (exact) mass is 507 g/mol. The van der Waals surface area contributed by atoms with Crippen molar-refractivity contribution in [2.24, 2.45) is 0 Å². The SMILES string of the molecule is CCCCCCCCCCCCCCCCCCS(=O)(=O)N1CC[N+](C)(Cc2ccccc2)CC1. The molecule has 1 saturated heterocycles. The van der Waals surface area contributed by atoms with Gasteiger partial charge in [-0.1, -0.05) is 134 Å². The Balaban J connectivity index is 1.44. The lowest BCUT2D eigenvalue weighted by atomic mass is 10.0. The summed E-state index contributed by atoms with van der Waals surface area (Å²) in [6.45, 7) is 6.37. The van der Waals surface area contributed by atoms with E-state index in [0.29, 0.717) is 18.8 Å². The molecule has 0 radical (unpaired) electrons. The molecular weight excluding hydrogens is 452 g/mol. The van der Waals surface area contributed by atoms with E-state index in [9.17, 15) is 8.42 Å². The number of hydrogen-bond acceptors (Lipinski definition) is 2. The van der Waals surface area contributed by atoms with Gasteiger partial charge in [-0.05, 0) is 6.42 Å². The molecule has 1 heterocycles. The largest absolute Gasteiger partial charge is 0.320 e. The Morgan fingerprint density at radius 3 is 1.57 bits per heavy atom. The van der Waals surface area contributed by atoms with Crippen LogP contribution in [0.3, 0.4) is 0 Å². The molecular formula is C30H55N2O2S+. The second-order valence-electron chi connectivity index (χ2n) is 11.2. The topological polar surface area (TPSA) is 37.4 Å². The van der Waals surface area contributed by atoms with E-state index in [1.54, 1.807) is 4.31 Å². The van der Waals surface area contributed by atoms with Gasteiger partial charge in [-0.25, -0.2) is 8.42 Å². The summed E-state index contributed by atoms with van der Waals surface area (Å²) in [6, 6.07) is 10.6. The van der Waals surface area contributed by atoms with Crippen LogP contribution in [0.25, 0.3) is 0 Å². The van der Waals surface area contributed by atoms with Gasteiger partial charge in [0.15, 0.2) is 0 Å². The summed E-state index contributed by atoms with van der Waals surface area (Å²) in [5.74, 6) is 0.327. The molecule has 2 rings (SSSR count). The highest BCUT2D eigenvalue weighted by Gasteiger charge is 2.34. The average Bonchev–Trinajstić information content (AvgIpc) is 2.84. The second-order valence-corrected chi connectivity index (χ2v) is 13.3. The van der Waals surface area contributed by atoms with Crippen molar-refractivity contribution in [3.05, 3.63) is 35.9 Å². The zero-order chi connectivity index (χ0) is 25.2. The zero-order valence-corrected chi connectivity index (χ0v) is 23.9. The summed E-state index contributed by atoms with van der Waals surface area (Å²) in [6.07, 6.45) is 21.0. The molecule has 202 valence electrons. The van der Waals surface area contributed by atoms with Crippen molar-refractivity contribution in [2.45, 2.75) is 116 Å². The van der Waals surface area contributed by atoms with Crippen molar-refractivity contribution < 1.29 is 12.9 Å². The summed E-state index contributed by atoms with van der Waals surface area (Å²) in [5, 5.41) is 0. The van der Waals surface area contributed by atoms with Gasteiger partial charge < -0.3 is 4.48 Å². The molecule has 1 aromatic rings. The quantitative estimate of drug-likeness (QED) is 0.135. The molecule has 0 amide bonds. The van der Waals surface area contributed by atoms with Gasteiger partial charge in [0.2, 0.25) is 10.0 Å². The van der Waals surface area contributed by atoms with E-state index in [4.69, 9.17) is 0 Å². The Labute approximate surface area is 218 Å². The van der Waals surface area contributed by atoms with Gasteiger partial charge >= 0.3 is 0 Å². The fourth-order valence-corrected chi connectivity index (χ4v) is 6.90. The van der Waals surface area contributed by atoms with E-state index >= 15 is 0 Å². The molecule has 0 aliphatic carbocycles. The van der Waals surface area contributed by atoms with E-state index in [-0.39, 0.29) is 0 Å². The highest BCUT2D eigenvalue weighted by molar-refractivity contribution is 7.89. The van der Waals surface area contributed by atoms with E-state index in [1.807, 2.05) is 6.07 Å². The summed E-state index contributed by atoms with van der Waals surface area (Å²) < 4.78 is 28.3. The summed E-state index contributed by atoms with van der Waals surface area (Å²) in [5.41, 5.74) is 1.33. The number of benzene rings is 1. The van der Waals surface area contributed by atoms with Gasteiger partial charge in [-0.3, -0.25) is 0 Å². The molecule has 1 aromatic carbocycles. The van der Waals surface area contributed by atoms with Crippen molar-refractivity contribution in [3.63, 3.8) is 0 Å². The van der Waals surface area contributed by atoms with Gasteiger partial charge in [0.1, 0.15) is 6.54 Å². The summed E-state index contributed by atoms with van der Waals surface area (Å²) in [4.78, 5) is 0. The predicted octanol–water partition coefficient (Wildman–Crippen LogP) is 7.54. The third-order valence-corrected chi connectivity index (χ3v) is 9.79. The zero-order valence-electron chi connectivity index (χ0n) is 23.1. The lowest BCUT2D eigenvalue weighted by Crippen LogP contribution is -2.57. The molecule has 0 aromatic heterocycles. The minimum absolute atomic E-state index is 0.327. The maximum Gasteiger partial charge on any atom is 0.214 e. The second kappa shape index (κ2) is 17.5. The number of quaternary nitrogens is 1. The molecule has 5 heteroatoms. The van der Waals surface area contributed by atoms with Gasteiger partial charge in [0.25, 0.3) is 0 Å². The van der Waals surface area contributed by atoms with E-state index in [0.717, 1.165) is 37.0 Å². The highest BCUT2D eigenvalue weighted by atomic mass is 32.2. The molecule has 1 aliphatic heterocycles. The molecule has 4 nitrogen and oxygen atoms in total. The van der Waals surface area contributed by atoms with Crippen molar-refractivity contribution in [2.75, 3.05) is 39.0 Å². The third kappa shape index (κ3) is 13.3. The summed E-state index contributed by atoms with van der Waals surface area (Å²) >= 11 is 0. The van der Waals surface area contributed by atoms with Crippen molar-refractivity contribution in [3.8, 4) is 0 Å². The van der Waals surface area contributed by atoms with Crippen LogP contribution < -0.4 is 0 Å². The van der Waals surface area contributed by atoms with Crippen LogP contribution in [-0.4, -0.2) is 56.2 Å². The smallest absolute Gasteiger partial charge is 0.214 e. The fraction of sp³-hybridized carbons (Fsp3) is 0.800. The number of sulfonamides is 1. The number of hydrogen-bond donors (Lipinski definition) is 0. The lowest BCUT2D eigenvalue weighted by molar-refractivity contribution is -0.925. The standard InChI is InChI=1S/C30H55N2O2S/c1-3-4-5-6-7-8-9-10-11-12-13-14-15-16-17-21-28-35(33,34)31-24-26-32(2,27-25-31)29-30-22-19-18-20-23-30/h18-20,22-23H,3-17,21,24-29H2,1-2H3/q+1. The molecule has 0 spiro atoms. The van der Waals surface area contributed by atoms with Gasteiger partial charge in [0, 0.05) is 5.56 Å². The van der Waals surface area contributed by atoms with E-state index in [2.05, 4.69) is 38.2 Å². The van der Waals surface area contributed by atoms with Crippen molar-refractivity contribution in [1.82, 2.24) is 4.31 Å². The average molecular weight is 508 g/mol. The lowest BCUT2D eigenvalue weighted by Gasteiger charge is -2.41. The third-order valence-electron chi connectivity index (χ3n) is 7.83. The van der Waals surface area contributed by atoms with Crippen LogP contribution in [0.1, 0.15) is 115 Å².